The summed E-state index contributed by atoms with van der Waals surface area (Å²) in [5.41, 5.74) is 3.62. The SMILES string of the molecule is C=C(CCC(C(=O)O)[C@H]1C(O)C[C@@]2(C)C3=C(CC[C@]12C)[C@@]1(C)CCC(OC(C)=O)C(C)(C)[C@@H]1CC3)C(C)C. The lowest BCUT2D eigenvalue weighted by Gasteiger charge is -2.62. The maximum absolute atomic E-state index is 12.6. The second kappa shape index (κ2) is 9.78. The topological polar surface area (TPSA) is 83.8 Å². The third-order valence-electron chi connectivity index (χ3n) is 12.4. The van der Waals surface area contributed by atoms with Crippen LogP contribution in [0.2, 0.25) is 0 Å². The van der Waals surface area contributed by atoms with E-state index in [-0.39, 0.29) is 39.7 Å². The molecule has 0 bridgehead atoms. The lowest BCUT2D eigenvalue weighted by molar-refractivity contribution is -0.167. The normalized spacial score (nSPS) is 40.7. The molecule has 2 N–H and O–H groups in total. The monoisotopic (exact) mass is 528 g/mol. The van der Waals surface area contributed by atoms with E-state index in [1.807, 2.05) is 0 Å². The number of aliphatic hydroxyl groups is 1. The highest BCUT2D eigenvalue weighted by atomic mass is 16.5. The van der Waals surface area contributed by atoms with E-state index < -0.39 is 18.0 Å². The molecule has 0 radical (unpaired) electrons. The number of carboxylic acids is 1. The molecule has 2 fully saturated rings. The minimum Gasteiger partial charge on any atom is -0.481 e. The third-order valence-corrected chi connectivity index (χ3v) is 12.4. The second-order valence-electron chi connectivity index (χ2n) is 14.8. The molecule has 8 atom stereocenters. The summed E-state index contributed by atoms with van der Waals surface area (Å²) >= 11 is 0. The van der Waals surface area contributed by atoms with Gasteiger partial charge >= 0.3 is 11.9 Å². The van der Waals surface area contributed by atoms with Crippen LogP contribution in [0.4, 0.5) is 0 Å². The maximum Gasteiger partial charge on any atom is 0.306 e. The minimum absolute atomic E-state index is 0.0440. The molecule has 0 aliphatic heterocycles. The summed E-state index contributed by atoms with van der Waals surface area (Å²) in [6, 6.07) is 0. The third kappa shape index (κ3) is 4.30. The van der Waals surface area contributed by atoms with Gasteiger partial charge in [-0.3, -0.25) is 9.59 Å². The van der Waals surface area contributed by atoms with E-state index in [0.717, 1.165) is 44.1 Å². The van der Waals surface area contributed by atoms with Gasteiger partial charge in [-0.2, -0.15) is 0 Å². The largest absolute Gasteiger partial charge is 0.481 e. The number of aliphatic carboxylic acids is 1. The van der Waals surface area contributed by atoms with E-state index in [9.17, 15) is 19.8 Å². The molecular weight excluding hydrogens is 476 g/mol. The van der Waals surface area contributed by atoms with Crippen LogP contribution in [-0.2, 0) is 14.3 Å². The van der Waals surface area contributed by atoms with Crippen molar-refractivity contribution >= 4 is 11.9 Å². The molecular formula is C33H52O5. The molecule has 38 heavy (non-hydrogen) atoms. The molecule has 3 unspecified atom stereocenters. The maximum atomic E-state index is 12.6. The molecule has 0 heterocycles. The zero-order chi connectivity index (χ0) is 28.4. The van der Waals surface area contributed by atoms with Crippen LogP contribution < -0.4 is 0 Å². The number of hydrogen-bond acceptors (Lipinski definition) is 4. The van der Waals surface area contributed by atoms with Gasteiger partial charge in [-0.15, -0.1) is 0 Å². The molecule has 0 aromatic rings. The molecule has 4 rings (SSSR count). The van der Waals surface area contributed by atoms with Crippen molar-refractivity contribution in [3.05, 3.63) is 23.3 Å². The summed E-state index contributed by atoms with van der Waals surface area (Å²) in [7, 11) is 0. The molecule has 5 heteroatoms. The lowest BCUT2D eigenvalue weighted by atomic mass is 9.43. The van der Waals surface area contributed by atoms with Gasteiger partial charge in [-0.25, -0.2) is 0 Å². The first-order valence-electron chi connectivity index (χ1n) is 15.0. The number of fused-ring (bicyclic) bond motifs is 4. The van der Waals surface area contributed by atoms with Crippen LogP contribution in [0.15, 0.2) is 23.3 Å². The number of rotatable bonds is 7. The molecule has 5 nitrogen and oxygen atoms in total. The summed E-state index contributed by atoms with van der Waals surface area (Å²) < 4.78 is 5.82. The first kappa shape index (κ1) is 29.4. The Kier molecular flexibility index (Phi) is 7.56. The smallest absolute Gasteiger partial charge is 0.306 e. The fourth-order valence-electron chi connectivity index (χ4n) is 9.98. The first-order valence-corrected chi connectivity index (χ1v) is 15.0. The van der Waals surface area contributed by atoms with Gasteiger partial charge in [0.05, 0.1) is 12.0 Å². The molecule has 4 aliphatic carbocycles. The van der Waals surface area contributed by atoms with Crippen LogP contribution >= 0.6 is 0 Å². The number of ether oxygens (including phenoxy) is 1. The number of allylic oxidation sites excluding steroid dienone is 3. The molecule has 0 aromatic carbocycles. The number of carbonyl (C=O) groups excluding carboxylic acids is 1. The highest BCUT2D eigenvalue weighted by Crippen LogP contribution is 2.72. The lowest BCUT2D eigenvalue weighted by Crippen LogP contribution is -2.56. The number of carboxylic acid groups (broad SMARTS) is 1. The van der Waals surface area contributed by atoms with Gasteiger partial charge in [-0.1, -0.05) is 71.8 Å². The van der Waals surface area contributed by atoms with Crippen molar-refractivity contribution in [3.8, 4) is 0 Å². The average Bonchev–Trinajstić information content (AvgIpc) is 3.01. The standard InChI is InChI=1S/C33H52O5/c1-19(2)20(3)10-11-22(29(36)37)28-25(35)18-33(9)24-12-13-26-30(5,6)27(38-21(4)34)15-16-31(26,7)23(24)14-17-32(28,33)8/h19,22,25-28,35H,3,10-18H2,1-2,4-9H3,(H,36,37)/t22?,25?,26-,27?,28-,31+,32+,33-/m0/s1. The number of aliphatic hydroxyl groups excluding tert-OH is 1. The van der Waals surface area contributed by atoms with Crippen molar-refractivity contribution < 1.29 is 24.5 Å². The predicted octanol–water partition coefficient (Wildman–Crippen LogP) is 7.33. The molecule has 214 valence electrons. The van der Waals surface area contributed by atoms with Gasteiger partial charge in [0.15, 0.2) is 0 Å². The fourth-order valence-corrected chi connectivity index (χ4v) is 9.98. The fraction of sp³-hybridized carbons (Fsp3) is 0.818. The van der Waals surface area contributed by atoms with Gasteiger partial charge < -0.3 is 14.9 Å². The zero-order valence-corrected chi connectivity index (χ0v) is 25.2. The predicted molar refractivity (Wildman–Crippen MR) is 150 cm³/mol. The Labute approximate surface area is 230 Å². The van der Waals surface area contributed by atoms with E-state index in [2.05, 4.69) is 55.0 Å². The van der Waals surface area contributed by atoms with Crippen molar-refractivity contribution in [2.24, 2.45) is 45.3 Å². The van der Waals surface area contributed by atoms with Gasteiger partial charge in [0.25, 0.3) is 0 Å². The summed E-state index contributed by atoms with van der Waals surface area (Å²) in [6.45, 7) is 21.5. The molecule has 0 aromatic heterocycles. The quantitative estimate of drug-likeness (QED) is 0.267. The van der Waals surface area contributed by atoms with Crippen molar-refractivity contribution in [1.82, 2.24) is 0 Å². The number of esters is 1. The summed E-state index contributed by atoms with van der Waals surface area (Å²) in [6.07, 6.45) is 6.98. The van der Waals surface area contributed by atoms with E-state index in [1.54, 1.807) is 5.57 Å². The zero-order valence-electron chi connectivity index (χ0n) is 25.2. The summed E-state index contributed by atoms with van der Waals surface area (Å²) in [5, 5.41) is 22.0. The average molecular weight is 529 g/mol. The Morgan fingerprint density at radius 1 is 1.05 bits per heavy atom. The molecule has 0 saturated heterocycles. The van der Waals surface area contributed by atoms with Crippen LogP contribution in [-0.4, -0.2) is 34.4 Å². The molecule has 0 spiro atoms. The van der Waals surface area contributed by atoms with E-state index >= 15 is 0 Å². The highest BCUT2D eigenvalue weighted by molar-refractivity contribution is 5.71. The van der Waals surface area contributed by atoms with Gasteiger partial charge in [-0.05, 0) is 85.9 Å². The Morgan fingerprint density at radius 3 is 2.29 bits per heavy atom. The molecule has 2 saturated carbocycles. The van der Waals surface area contributed by atoms with Crippen LogP contribution in [0.1, 0.15) is 113 Å². The van der Waals surface area contributed by atoms with Crippen LogP contribution in [0, 0.1) is 45.3 Å². The van der Waals surface area contributed by atoms with Crippen LogP contribution in [0.5, 0.6) is 0 Å². The highest BCUT2D eigenvalue weighted by Gasteiger charge is 2.66. The van der Waals surface area contributed by atoms with Gasteiger partial charge in [0.2, 0.25) is 0 Å². The molecule has 4 aliphatic rings. The Hall–Kier alpha value is -1.62. The summed E-state index contributed by atoms with van der Waals surface area (Å²) in [5.74, 6) is -1.05. The van der Waals surface area contributed by atoms with Gasteiger partial charge in [0.1, 0.15) is 6.10 Å². The number of hydrogen-bond donors (Lipinski definition) is 2. The van der Waals surface area contributed by atoms with Gasteiger partial charge in [0, 0.05) is 18.3 Å². The Morgan fingerprint density at radius 2 is 1.71 bits per heavy atom. The van der Waals surface area contributed by atoms with E-state index in [1.165, 1.54) is 12.5 Å². The second-order valence-corrected chi connectivity index (χ2v) is 14.8. The van der Waals surface area contributed by atoms with Crippen molar-refractivity contribution in [1.29, 1.82) is 0 Å². The van der Waals surface area contributed by atoms with E-state index in [0.29, 0.717) is 31.1 Å². The van der Waals surface area contributed by atoms with Crippen molar-refractivity contribution in [2.75, 3.05) is 0 Å². The number of carbonyl (C=O) groups is 2. The first-order chi connectivity index (χ1) is 17.5. The van der Waals surface area contributed by atoms with Crippen LogP contribution in [0.3, 0.4) is 0 Å². The van der Waals surface area contributed by atoms with Crippen molar-refractivity contribution in [3.63, 3.8) is 0 Å². The van der Waals surface area contributed by atoms with Crippen LogP contribution in [0.25, 0.3) is 0 Å². The molecule has 0 amide bonds. The Bertz CT molecular complexity index is 1020. The minimum atomic E-state index is -0.780. The Balaban J connectivity index is 1.69. The van der Waals surface area contributed by atoms with E-state index in [4.69, 9.17) is 4.74 Å². The van der Waals surface area contributed by atoms with Crippen molar-refractivity contribution in [2.45, 2.75) is 125 Å². The summed E-state index contributed by atoms with van der Waals surface area (Å²) in [4.78, 5) is 24.5.